The van der Waals surface area contributed by atoms with Crippen LogP contribution in [0.25, 0.3) is 56.1 Å². The molecule has 0 saturated heterocycles. The normalized spacial score (nSPS) is 11.6. The van der Waals surface area contributed by atoms with Crippen LogP contribution in [-0.4, -0.2) is 114 Å². The molecule has 388 valence electrons. The second-order valence-corrected chi connectivity index (χ2v) is 16.2. The molecule has 0 fully saturated rings. The number of carboxylic acids is 1. The third kappa shape index (κ3) is 12.5. The number of ketones is 2. The van der Waals surface area contributed by atoms with E-state index in [1.54, 1.807) is 91.2 Å². The summed E-state index contributed by atoms with van der Waals surface area (Å²) in [5.74, 6) is -2.46. The number of nitrogens with zero attached hydrogens (tertiary/aromatic N) is 8. The van der Waals surface area contributed by atoms with Crippen molar-refractivity contribution in [2.75, 3.05) is 35.0 Å². The Morgan fingerprint density at radius 3 is 1.30 bits per heavy atom. The highest BCUT2D eigenvalue weighted by atomic mass is 19.4. The van der Waals surface area contributed by atoms with Crippen molar-refractivity contribution in [3.8, 4) is 67.8 Å². The van der Waals surface area contributed by atoms with Gasteiger partial charge in [-0.2, -0.15) is 36.5 Å². The first-order chi connectivity index (χ1) is 35.2. The number of hydrogen-bond acceptors (Lipinski definition) is 13. The number of ether oxygens (including phenoxy) is 5. The average molecular weight is 1030 g/mol. The van der Waals surface area contributed by atoms with Crippen LogP contribution >= 0.6 is 0 Å². The number of carbonyl (C=O) groups excluding carboxylic acids is 3. The molecule has 6 aromatic heterocycles. The van der Waals surface area contributed by atoms with Gasteiger partial charge in [0.25, 0.3) is 0 Å². The molecule has 2 aromatic carbocycles. The van der Waals surface area contributed by atoms with Crippen LogP contribution in [0.1, 0.15) is 53.3 Å². The molecular formula is C50H46F6N8O10. The number of hydrogen-bond donors (Lipinski definition) is 1. The number of aliphatic carboxylic acids is 1. The lowest BCUT2D eigenvalue weighted by molar-refractivity contribution is -0.144. The van der Waals surface area contributed by atoms with Crippen LogP contribution in [0, 0.1) is 0 Å². The van der Waals surface area contributed by atoms with E-state index >= 15 is 0 Å². The predicted octanol–water partition coefficient (Wildman–Crippen LogP) is 9.46. The second-order valence-electron chi connectivity index (χ2n) is 16.2. The van der Waals surface area contributed by atoms with E-state index in [-0.39, 0.29) is 53.2 Å². The Hall–Kier alpha value is -8.70. The molecule has 8 aromatic rings. The van der Waals surface area contributed by atoms with Crippen molar-refractivity contribution in [1.82, 2.24) is 38.3 Å². The van der Waals surface area contributed by atoms with Gasteiger partial charge in [0, 0.05) is 59.9 Å². The van der Waals surface area contributed by atoms with Gasteiger partial charge in [-0.1, -0.05) is 0 Å². The summed E-state index contributed by atoms with van der Waals surface area (Å²) in [6, 6.07) is 13.6. The van der Waals surface area contributed by atoms with E-state index in [0.717, 1.165) is 16.7 Å². The number of Topliss-reactive ketones (excluding diaryl/α,β-unsaturated/α-hetero) is 2. The molecule has 0 aliphatic rings. The number of pyridine rings is 2. The lowest BCUT2D eigenvalue weighted by atomic mass is 10.0. The van der Waals surface area contributed by atoms with E-state index in [1.807, 2.05) is 22.6 Å². The lowest BCUT2D eigenvalue weighted by Crippen LogP contribution is -2.13. The Bertz CT molecular complexity index is 3310. The van der Waals surface area contributed by atoms with Crippen LogP contribution in [-0.2, 0) is 27.4 Å². The third-order valence-corrected chi connectivity index (χ3v) is 11.3. The van der Waals surface area contributed by atoms with E-state index in [1.165, 1.54) is 37.8 Å². The summed E-state index contributed by atoms with van der Waals surface area (Å²) in [5, 5.41) is 17.2. The Balaban J connectivity index is 0.000000217. The zero-order valence-electron chi connectivity index (χ0n) is 40.2. The van der Waals surface area contributed by atoms with Crippen molar-refractivity contribution in [2.45, 2.75) is 58.0 Å². The summed E-state index contributed by atoms with van der Waals surface area (Å²) >= 11 is 0. The fourth-order valence-corrected chi connectivity index (χ4v) is 7.85. The number of rotatable bonds is 19. The molecule has 0 unspecified atom stereocenters. The number of esters is 1. The molecule has 0 aliphatic carbocycles. The van der Waals surface area contributed by atoms with Crippen LogP contribution < -0.4 is 18.9 Å². The largest absolute Gasteiger partial charge is 0.496 e. The number of imidazole rings is 2. The maximum Gasteiger partial charge on any atom is 0.389 e. The first-order valence-electron chi connectivity index (χ1n) is 22.3. The number of alkyl halides is 6. The highest BCUT2D eigenvalue weighted by Crippen LogP contribution is 2.39. The first-order valence-corrected chi connectivity index (χ1v) is 22.3. The van der Waals surface area contributed by atoms with Gasteiger partial charge in [-0.3, -0.25) is 37.3 Å². The van der Waals surface area contributed by atoms with Gasteiger partial charge in [-0.25, -0.2) is 9.97 Å². The van der Waals surface area contributed by atoms with Crippen molar-refractivity contribution in [2.24, 2.45) is 0 Å². The second kappa shape index (κ2) is 22.4. The molecule has 18 nitrogen and oxygen atoms in total. The number of halogens is 6. The standard InChI is InChI=1S/C26H25F3N4O5.C24H21F3N4O5/c1-4-38-24(35)15-32-14-18(12-31-32)16-6-8-33-19(13-30-23(33)11-16)17-9-21(36-2)25(22(10-17)37-3)20(34)5-7-26(27,28)29;1-35-19-7-15(8-20(36-2)23(19)18(32)3-5-24(25,26)27)17-11-28-21-9-14(4-6-31(17)21)16-10-29-30(12-16)13-22(33)34/h6,8-14H,4-5,7,15H2,1-3H3;4,6-12H,3,5,13H2,1-2H3,(H,33,34). The van der Waals surface area contributed by atoms with Gasteiger partial charge in [0.05, 0.1) is 84.1 Å². The number of aromatic nitrogens is 8. The van der Waals surface area contributed by atoms with Gasteiger partial charge >= 0.3 is 24.3 Å². The first kappa shape index (κ1) is 53.1. The SMILES string of the molecule is CCOC(=O)Cn1cc(-c2ccn3c(-c4cc(OC)c(C(=O)CCC(F)(F)F)c(OC)c4)cnc3c2)cn1.COc1cc(-c2cnc3cc(-c4cnn(CC(=O)O)c4)ccn23)cc(OC)c1C(=O)CCC(F)(F)F. The minimum atomic E-state index is -4.46. The minimum absolute atomic E-state index is 0.00196. The zero-order valence-corrected chi connectivity index (χ0v) is 40.2. The molecule has 0 saturated carbocycles. The maximum absolute atomic E-state index is 12.7. The van der Waals surface area contributed by atoms with E-state index < -0.39 is 55.6 Å². The molecular weight excluding hydrogens is 987 g/mol. The van der Waals surface area contributed by atoms with Crippen LogP contribution in [0.2, 0.25) is 0 Å². The Kier molecular flexibility index (Phi) is 16.1. The van der Waals surface area contributed by atoms with Gasteiger partial charge in [-0.15, -0.1) is 0 Å². The van der Waals surface area contributed by atoms with Crippen LogP contribution in [0.4, 0.5) is 26.3 Å². The maximum atomic E-state index is 12.7. The van der Waals surface area contributed by atoms with E-state index in [0.29, 0.717) is 46.0 Å². The quantitative estimate of drug-likeness (QED) is 0.0455. The number of benzene rings is 2. The van der Waals surface area contributed by atoms with Crippen LogP contribution in [0.5, 0.6) is 23.0 Å². The molecule has 0 bridgehead atoms. The topological polar surface area (TPSA) is 205 Å². The molecule has 0 radical (unpaired) electrons. The summed E-state index contributed by atoms with van der Waals surface area (Å²) in [5.41, 5.74) is 6.64. The zero-order chi connectivity index (χ0) is 53.5. The minimum Gasteiger partial charge on any atom is -0.496 e. The lowest BCUT2D eigenvalue weighted by Gasteiger charge is -2.15. The summed E-state index contributed by atoms with van der Waals surface area (Å²) < 4.78 is 109. The monoisotopic (exact) mass is 1030 g/mol. The molecule has 8 rings (SSSR count). The van der Waals surface area contributed by atoms with Crippen molar-refractivity contribution >= 4 is 34.8 Å². The molecule has 0 amide bonds. The molecule has 74 heavy (non-hydrogen) atoms. The Morgan fingerprint density at radius 2 is 0.946 bits per heavy atom. The number of methoxy groups -OCH3 is 4. The highest BCUT2D eigenvalue weighted by molar-refractivity contribution is 6.03. The number of carboxylic acid groups (broad SMARTS) is 1. The number of fused-ring (bicyclic) bond motifs is 2. The highest BCUT2D eigenvalue weighted by Gasteiger charge is 2.32. The molecule has 0 aliphatic heterocycles. The van der Waals surface area contributed by atoms with E-state index in [9.17, 15) is 45.5 Å². The smallest absolute Gasteiger partial charge is 0.389 e. The van der Waals surface area contributed by atoms with Crippen molar-refractivity contribution in [1.29, 1.82) is 0 Å². The van der Waals surface area contributed by atoms with Crippen LogP contribution in [0.15, 0.2) is 98.1 Å². The van der Waals surface area contributed by atoms with Crippen molar-refractivity contribution in [3.63, 3.8) is 0 Å². The third-order valence-electron chi connectivity index (χ3n) is 11.3. The summed E-state index contributed by atoms with van der Waals surface area (Å²) in [6.45, 7) is 1.77. The van der Waals surface area contributed by atoms with Gasteiger partial charge in [0.15, 0.2) is 11.6 Å². The summed E-state index contributed by atoms with van der Waals surface area (Å²) in [4.78, 5) is 56.7. The molecule has 1 N–H and O–H groups in total. The fourth-order valence-electron chi connectivity index (χ4n) is 7.85. The fraction of sp³-hybridized carbons (Fsp3) is 0.280. The Morgan fingerprint density at radius 1 is 0.554 bits per heavy atom. The van der Waals surface area contributed by atoms with Crippen molar-refractivity contribution in [3.05, 3.63) is 109 Å². The van der Waals surface area contributed by atoms with E-state index in [4.69, 9.17) is 28.8 Å². The Labute approximate surface area is 416 Å². The molecule has 0 atom stereocenters. The van der Waals surface area contributed by atoms with Gasteiger partial charge in [0.2, 0.25) is 0 Å². The molecule has 24 heteroatoms. The van der Waals surface area contributed by atoms with E-state index in [2.05, 4.69) is 20.2 Å². The summed E-state index contributed by atoms with van der Waals surface area (Å²) in [6.07, 6.45) is 0.510. The predicted molar refractivity (Wildman–Crippen MR) is 253 cm³/mol. The van der Waals surface area contributed by atoms with Gasteiger partial charge in [0.1, 0.15) is 58.5 Å². The summed E-state index contributed by atoms with van der Waals surface area (Å²) in [7, 11) is 5.32. The molecule has 6 heterocycles. The van der Waals surface area contributed by atoms with Crippen molar-refractivity contribution < 1.29 is 74.3 Å². The molecule has 0 spiro atoms. The van der Waals surface area contributed by atoms with Crippen LogP contribution in [0.3, 0.4) is 0 Å². The van der Waals surface area contributed by atoms with Gasteiger partial charge in [-0.05, 0) is 66.6 Å². The average Bonchev–Trinajstić information content (AvgIpc) is 4.20. The van der Waals surface area contributed by atoms with Gasteiger partial charge < -0.3 is 28.8 Å². The number of carbonyl (C=O) groups is 4.